The number of ketones is 1. The first-order valence-corrected chi connectivity index (χ1v) is 17.1. The van der Waals surface area contributed by atoms with Gasteiger partial charge in [-0.3, -0.25) is 14.4 Å². The van der Waals surface area contributed by atoms with Crippen LogP contribution in [0.15, 0.2) is 23.8 Å². The van der Waals surface area contributed by atoms with Crippen LogP contribution >= 0.6 is 11.8 Å². The molecule has 7 nitrogen and oxygen atoms in total. The Balaban J connectivity index is 1.30. The fraction of sp³-hybridized carbons (Fsp3) is 0.794. The molecule has 3 saturated carbocycles. The molecule has 42 heavy (non-hydrogen) atoms. The van der Waals surface area contributed by atoms with E-state index in [9.17, 15) is 14.4 Å². The number of carbonyl (C=O) groups excluding carboxylic acids is 3. The van der Waals surface area contributed by atoms with E-state index in [2.05, 4.69) is 33.8 Å². The Morgan fingerprint density at radius 3 is 2.52 bits per heavy atom. The maximum Gasteiger partial charge on any atom is 0.302 e. The van der Waals surface area contributed by atoms with Crippen molar-refractivity contribution in [1.82, 2.24) is 0 Å². The predicted molar refractivity (Wildman–Crippen MR) is 160 cm³/mol. The van der Waals surface area contributed by atoms with Crippen LogP contribution in [0.4, 0.5) is 0 Å². The highest BCUT2D eigenvalue weighted by Crippen LogP contribution is 2.68. The molecule has 2 heterocycles. The van der Waals surface area contributed by atoms with Crippen molar-refractivity contribution in [2.75, 3.05) is 6.26 Å². The first-order chi connectivity index (χ1) is 19.6. The SMILES string of the molecule is CSC(=O)C[C@@]12O[C@@H]([C@@H](C)[C@H]3CC[C@H]4[C@@H]5[C@H](OC(C)=O)CC6=CC(=O)C=C[C@]6(C)[C@H]5CC[C@]34C)C[C@](C)(O1)C(C)(C)O2. The molecule has 2 aliphatic heterocycles. The van der Waals surface area contributed by atoms with Gasteiger partial charge in [-0.05, 0) is 93.9 Å². The standard InChI is InChI=1S/C34H48O7S/c1-19(27-17-33(7)30(3,4)40-34(39-27,41-33)18-28(37)42-8)23-9-10-24-29-25(12-14-32(23,24)6)31(5)13-11-22(36)15-21(31)16-26(29)38-20(2)35/h11,13,15,19,23-27,29H,9-10,12,14,16-18H2,1-8H3/t19-,23+,24-,25-,26+,27+,29-,31-,32+,33-,34-/m0/s1. The van der Waals surface area contributed by atoms with E-state index in [4.69, 9.17) is 18.9 Å². The summed E-state index contributed by atoms with van der Waals surface area (Å²) in [6, 6.07) is 0. The Hall–Kier alpha value is -1.48. The molecule has 0 amide bonds. The Morgan fingerprint density at radius 1 is 1.10 bits per heavy atom. The quantitative estimate of drug-likeness (QED) is 0.335. The van der Waals surface area contributed by atoms with Crippen LogP contribution < -0.4 is 0 Å². The minimum atomic E-state index is -1.35. The molecule has 0 aromatic rings. The first kappa shape index (κ1) is 30.5. The third-order valence-electron chi connectivity index (χ3n) is 12.7. The van der Waals surface area contributed by atoms with Crippen molar-refractivity contribution in [3.63, 3.8) is 0 Å². The van der Waals surface area contributed by atoms with Gasteiger partial charge in [-0.2, -0.15) is 0 Å². The fourth-order valence-corrected chi connectivity index (χ4v) is 10.6. The normalized spacial score (nSPS) is 47.6. The average Bonchev–Trinajstić information content (AvgIpc) is 3.31. The lowest BCUT2D eigenvalue weighted by atomic mass is 9.46. The van der Waals surface area contributed by atoms with Gasteiger partial charge in [0, 0.05) is 31.1 Å². The molecule has 0 radical (unpaired) electrons. The number of rotatable bonds is 5. The molecule has 4 aliphatic carbocycles. The van der Waals surface area contributed by atoms with Gasteiger partial charge < -0.3 is 18.9 Å². The summed E-state index contributed by atoms with van der Waals surface area (Å²) in [6.07, 6.45) is 12.8. The van der Waals surface area contributed by atoms with Gasteiger partial charge in [-0.15, -0.1) is 0 Å². The number of esters is 1. The second-order valence-corrected chi connectivity index (χ2v) is 16.0. The van der Waals surface area contributed by atoms with E-state index in [-0.39, 0.29) is 58.2 Å². The Bertz CT molecular complexity index is 1240. The molecule has 232 valence electrons. The van der Waals surface area contributed by atoms with Crippen LogP contribution in [-0.4, -0.2) is 52.5 Å². The van der Waals surface area contributed by atoms with E-state index in [1.807, 2.05) is 13.8 Å². The molecule has 6 rings (SSSR count). The molecular formula is C34H48O7S. The van der Waals surface area contributed by atoms with E-state index in [0.29, 0.717) is 30.6 Å². The summed E-state index contributed by atoms with van der Waals surface area (Å²) in [4.78, 5) is 37.3. The summed E-state index contributed by atoms with van der Waals surface area (Å²) in [6.45, 7) is 14.8. The highest BCUT2D eigenvalue weighted by atomic mass is 32.2. The molecule has 8 heteroatoms. The van der Waals surface area contributed by atoms with Crippen molar-refractivity contribution >= 4 is 28.6 Å². The van der Waals surface area contributed by atoms with Crippen LogP contribution in [0.3, 0.4) is 0 Å². The minimum Gasteiger partial charge on any atom is -0.462 e. The van der Waals surface area contributed by atoms with Crippen molar-refractivity contribution in [3.8, 4) is 0 Å². The lowest BCUT2D eigenvalue weighted by Gasteiger charge is -2.59. The maximum atomic E-state index is 12.6. The molecule has 11 atom stereocenters. The summed E-state index contributed by atoms with van der Waals surface area (Å²) in [7, 11) is 0. The lowest BCUT2D eigenvalue weighted by molar-refractivity contribution is -0.392. The molecule has 2 bridgehead atoms. The number of ether oxygens (including phenoxy) is 4. The van der Waals surface area contributed by atoms with Gasteiger partial charge in [0.15, 0.2) is 10.9 Å². The molecular weight excluding hydrogens is 552 g/mol. The van der Waals surface area contributed by atoms with Crippen LogP contribution in [-0.2, 0) is 33.3 Å². The molecule has 0 unspecified atom stereocenters. The van der Waals surface area contributed by atoms with E-state index in [0.717, 1.165) is 31.3 Å². The Kier molecular flexibility index (Phi) is 7.28. The molecule has 2 saturated heterocycles. The lowest BCUT2D eigenvalue weighted by Crippen LogP contribution is -2.57. The summed E-state index contributed by atoms with van der Waals surface area (Å²) in [5.41, 5.74) is -0.163. The first-order valence-electron chi connectivity index (χ1n) is 15.8. The maximum absolute atomic E-state index is 12.6. The Labute approximate surface area is 254 Å². The second kappa shape index (κ2) is 10.0. The predicted octanol–water partition coefficient (Wildman–Crippen LogP) is 6.39. The summed E-state index contributed by atoms with van der Waals surface area (Å²) >= 11 is 1.18. The second-order valence-electron chi connectivity index (χ2n) is 15.2. The third-order valence-corrected chi connectivity index (χ3v) is 13.3. The van der Waals surface area contributed by atoms with Crippen LogP contribution in [0.25, 0.3) is 0 Å². The topological polar surface area (TPSA) is 88.1 Å². The minimum absolute atomic E-state index is 0.0104. The third kappa shape index (κ3) is 4.52. The van der Waals surface area contributed by atoms with E-state index >= 15 is 0 Å². The molecule has 0 spiro atoms. The monoisotopic (exact) mass is 600 g/mol. The van der Waals surface area contributed by atoms with Crippen molar-refractivity contribution in [3.05, 3.63) is 23.8 Å². The molecule has 0 aromatic heterocycles. The van der Waals surface area contributed by atoms with Gasteiger partial charge in [-0.25, -0.2) is 0 Å². The average molecular weight is 601 g/mol. The molecule has 0 N–H and O–H groups in total. The number of carbonyl (C=O) groups is 3. The number of hydrogen-bond donors (Lipinski definition) is 0. The fourth-order valence-electron chi connectivity index (χ4n) is 10.3. The van der Waals surface area contributed by atoms with Gasteiger partial charge >= 0.3 is 5.97 Å². The van der Waals surface area contributed by atoms with Crippen LogP contribution in [0.1, 0.15) is 93.4 Å². The van der Waals surface area contributed by atoms with Gasteiger partial charge in [0.25, 0.3) is 5.97 Å². The number of fused-ring (bicyclic) bond motifs is 7. The largest absolute Gasteiger partial charge is 0.462 e. The zero-order valence-electron chi connectivity index (χ0n) is 26.5. The van der Waals surface area contributed by atoms with Gasteiger partial charge in [0.05, 0.1) is 18.1 Å². The number of thioether (sulfide) groups is 1. The van der Waals surface area contributed by atoms with Crippen molar-refractivity contribution in [2.45, 2.75) is 123 Å². The smallest absolute Gasteiger partial charge is 0.302 e. The van der Waals surface area contributed by atoms with Gasteiger partial charge in [0.2, 0.25) is 0 Å². The van der Waals surface area contributed by atoms with Crippen molar-refractivity contribution < 1.29 is 33.3 Å². The zero-order chi connectivity index (χ0) is 30.5. The molecule has 6 aliphatic rings. The van der Waals surface area contributed by atoms with E-state index in [1.54, 1.807) is 18.4 Å². The highest BCUT2D eigenvalue weighted by molar-refractivity contribution is 8.13. The van der Waals surface area contributed by atoms with Crippen LogP contribution in [0.2, 0.25) is 0 Å². The van der Waals surface area contributed by atoms with Gasteiger partial charge in [0.1, 0.15) is 11.7 Å². The van der Waals surface area contributed by atoms with Crippen molar-refractivity contribution in [2.24, 2.45) is 40.4 Å². The van der Waals surface area contributed by atoms with Gasteiger partial charge in [-0.1, -0.05) is 44.2 Å². The summed E-state index contributed by atoms with van der Waals surface area (Å²) < 4.78 is 25.7. The highest BCUT2D eigenvalue weighted by Gasteiger charge is 2.68. The summed E-state index contributed by atoms with van der Waals surface area (Å²) in [5, 5.41) is -0.0104. The zero-order valence-corrected chi connectivity index (χ0v) is 27.3. The molecule has 0 aromatic carbocycles. The van der Waals surface area contributed by atoms with Crippen molar-refractivity contribution in [1.29, 1.82) is 0 Å². The number of hydrogen-bond acceptors (Lipinski definition) is 8. The van der Waals surface area contributed by atoms with Crippen LogP contribution in [0.5, 0.6) is 0 Å². The van der Waals surface area contributed by atoms with E-state index < -0.39 is 17.2 Å². The Morgan fingerprint density at radius 2 is 1.83 bits per heavy atom. The number of allylic oxidation sites excluding steroid dienone is 3. The summed E-state index contributed by atoms with van der Waals surface area (Å²) in [5.74, 6) is 0.0442. The van der Waals surface area contributed by atoms with Crippen LogP contribution in [0, 0.1) is 40.4 Å². The molecule has 5 fully saturated rings. The van der Waals surface area contributed by atoms with E-state index in [1.165, 1.54) is 18.7 Å².